The number of aliphatic hydroxyl groups is 1. The minimum absolute atomic E-state index is 0.182. The van der Waals surface area contributed by atoms with Crippen molar-refractivity contribution in [2.24, 2.45) is 0 Å². The highest BCUT2D eigenvalue weighted by Crippen LogP contribution is 2.04. The van der Waals surface area contributed by atoms with Gasteiger partial charge >= 0.3 is 0 Å². The average Bonchev–Trinajstić information content (AvgIpc) is 1.99. The Morgan fingerprint density at radius 3 is 2.40 bits per heavy atom. The van der Waals surface area contributed by atoms with Crippen LogP contribution < -0.4 is 0 Å². The van der Waals surface area contributed by atoms with E-state index in [4.69, 9.17) is 5.11 Å². The minimum atomic E-state index is 0.182. The standard InChI is InChI=1S/C9H16O/c1-4-8(3)6-9(5-2)7-10/h4,6,10H,5,7H2,1-3H3/b8-4+,9-6+. The molecule has 0 radical (unpaired) electrons. The van der Waals surface area contributed by atoms with Crippen molar-refractivity contribution in [2.75, 3.05) is 6.61 Å². The van der Waals surface area contributed by atoms with Gasteiger partial charge in [0.15, 0.2) is 0 Å². The van der Waals surface area contributed by atoms with Crippen LogP contribution in [0.5, 0.6) is 0 Å². The van der Waals surface area contributed by atoms with Crippen LogP contribution in [0.4, 0.5) is 0 Å². The van der Waals surface area contributed by atoms with Gasteiger partial charge in [0.1, 0.15) is 0 Å². The Bertz CT molecular complexity index is 137. The van der Waals surface area contributed by atoms with E-state index in [1.807, 2.05) is 32.9 Å². The molecule has 0 heterocycles. The van der Waals surface area contributed by atoms with Crippen molar-refractivity contribution >= 4 is 0 Å². The molecular formula is C9H16O. The smallest absolute Gasteiger partial charge is 0.0644 e. The van der Waals surface area contributed by atoms with Crippen molar-refractivity contribution in [3.63, 3.8) is 0 Å². The maximum absolute atomic E-state index is 8.77. The summed E-state index contributed by atoms with van der Waals surface area (Å²) in [5.41, 5.74) is 2.31. The Balaban J connectivity index is 4.10. The predicted molar refractivity (Wildman–Crippen MR) is 44.9 cm³/mol. The molecular weight excluding hydrogens is 124 g/mol. The molecule has 0 rings (SSSR count). The van der Waals surface area contributed by atoms with Crippen LogP contribution in [0.2, 0.25) is 0 Å². The van der Waals surface area contributed by atoms with Gasteiger partial charge in [-0.15, -0.1) is 0 Å². The molecule has 0 saturated heterocycles. The molecule has 0 bridgehead atoms. The SMILES string of the molecule is C/C=C(C)/C=C(\CC)CO. The molecule has 0 spiro atoms. The fraction of sp³-hybridized carbons (Fsp3) is 0.556. The van der Waals surface area contributed by atoms with E-state index in [-0.39, 0.29) is 6.61 Å². The van der Waals surface area contributed by atoms with Crippen molar-refractivity contribution in [2.45, 2.75) is 27.2 Å². The summed E-state index contributed by atoms with van der Waals surface area (Å²) in [6.45, 7) is 6.26. The topological polar surface area (TPSA) is 20.2 Å². The summed E-state index contributed by atoms with van der Waals surface area (Å²) in [5.74, 6) is 0. The van der Waals surface area contributed by atoms with Crippen LogP contribution in [0.3, 0.4) is 0 Å². The van der Waals surface area contributed by atoms with Crippen LogP contribution >= 0.6 is 0 Å². The second kappa shape index (κ2) is 5.24. The van der Waals surface area contributed by atoms with Crippen LogP contribution in [0, 0.1) is 0 Å². The van der Waals surface area contributed by atoms with E-state index in [2.05, 4.69) is 0 Å². The molecule has 0 aliphatic carbocycles. The van der Waals surface area contributed by atoms with Crippen molar-refractivity contribution in [1.82, 2.24) is 0 Å². The molecule has 0 amide bonds. The molecule has 1 N–H and O–H groups in total. The zero-order valence-corrected chi connectivity index (χ0v) is 7.02. The third-order valence-electron chi connectivity index (χ3n) is 1.54. The van der Waals surface area contributed by atoms with Crippen LogP contribution in [0.1, 0.15) is 27.2 Å². The maximum Gasteiger partial charge on any atom is 0.0644 e. The molecule has 10 heavy (non-hydrogen) atoms. The molecule has 0 saturated carbocycles. The summed E-state index contributed by atoms with van der Waals surface area (Å²) in [4.78, 5) is 0. The molecule has 0 aliphatic rings. The zero-order chi connectivity index (χ0) is 7.98. The Labute approximate surface area is 63.1 Å². The Morgan fingerprint density at radius 1 is 1.50 bits per heavy atom. The van der Waals surface area contributed by atoms with Gasteiger partial charge in [0, 0.05) is 0 Å². The lowest BCUT2D eigenvalue weighted by atomic mass is 10.1. The van der Waals surface area contributed by atoms with Gasteiger partial charge in [0.05, 0.1) is 6.61 Å². The molecule has 0 aliphatic heterocycles. The lowest BCUT2D eigenvalue weighted by Crippen LogP contribution is -1.87. The van der Waals surface area contributed by atoms with Crippen molar-refractivity contribution in [3.05, 3.63) is 23.3 Å². The van der Waals surface area contributed by atoms with E-state index in [0.29, 0.717) is 0 Å². The fourth-order valence-electron chi connectivity index (χ4n) is 0.665. The van der Waals surface area contributed by atoms with Gasteiger partial charge < -0.3 is 5.11 Å². The highest BCUT2D eigenvalue weighted by molar-refractivity contribution is 5.20. The molecule has 0 atom stereocenters. The van der Waals surface area contributed by atoms with E-state index in [0.717, 1.165) is 12.0 Å². The summed E-state index contributed by atoms with van der Waals surface area (Å²) >= 11 is 0. The first kappa shape index (κ1) is 9.44. The number of rotatable bonds is 3. The Morgan fingerprint density at radius 2 is 2.10 bits per heavy atom. The second-order valence-corrected chi connectivity index (χ2v) is 2.35. The molecule has 1 nitrogen and oxygen atoms in total. The molecule has 0 unspecified atom stereocenters. The lowest BCUT2D eigenvalue weighted by molar-refractivity contribution is 0.327. The first-order chi connectivity index (χ1) is 4.74. The van der Waals surface area contributed by atoms with Crippen LogP contribution in [0.15, 0.2) is 23.3 Å². The third kappa shape index (κ3) is 3.46. The molecule has 0 aromatic rings. The molecule has 0 aromatic heterocycles. The number of allylic oxidation sites excluding steroid dienone is 3. The molecule has 58 valence electrons. The molecule has 0 fully saturated rings. The monoisotopic (exact) mass is 140 g/mol. The summed E-state index contributed by atoms with van der Waals surface area (Å²) in [7, 11) is 0. The Kier molecular flexibility index (Phi) is 4.95. The second-order valence-electron chi connectivity index (χ2n) is 2.35. The van der Waals surface area contributed by atoms with Crippen molar-refractivity contribution in [3.8, 4) is 0 Å². The number of aliphatic hydroxyl groups excluding tert-OH is 1. The van der Waals surface area contributed by atoms with E-state index < -0.39 is 0 Å². The highest BCUT2D eigenvalue weighted by atomic mass is 16.3. The van der Waals surface area contributed by atoms with Gasteiger partial charge in [-0.2, -0.15) is 0 Å². The molecule has 1 heteroatoms. The van der Waals surface area contributed by atoms with E-state index in [9.17, 15) is 0 Å². The van der Waals surface area contributed by atoms with Gasteiger partial charge in [0.2, 0.25) is 0 Å². The first-order valence-electron chi connectivity index (χ1n) is 3.67. The zero-order valence-electron chi connectivity index (χ0n) is 7.02. The average molecular weight is 140 g/mol. The normalized spacial score (nSPS) is 14.0. The van der Waals surface area contributed by atoms with E-state index in [1.165, 1.54) is 5.57 Å². The predicted octanol–water partition coefficient (Wildman–Crippen LogP) is 2.28. The summed E-state index contributed by atoms with van der Waals surface area (Å²) in [6.07, 6.45) is 4.99. The van der Waals surface area contributed by atoms with Gasteiger partial charge in [0.25, 0.3) is 0 Å². The van der Waals surface area contributed by atoms with Gasteiger partial charge in [-0.1, -0.05) is 24.6 Å². The van der Waals surface area contributed by atoms with Crippen LogP contribution in [-0.2, 0) is 0 Å². The number of hydrogen-bond donors (Lipinski definition) is 1. The lowest BCUT2D eigenvalue weighted by Gasteiger charge is -1.98. The minimum Gasteiger partial charge on any atom is -0.392 e. The van der Waals surface area contributed by atoms with Gasteiger partial charge in [-0.05, 0) is 25.8 Å². The van der Waals surface area contributed by atoms with Crippen LogP contribution in [0.25, 0.3) is 0 Å². The fourth-order valence-corrected chi connectivity index (χ4v) is 0.665. The van der Waals surface area contributed by atoms with Crippen molar-refractivity contribution in [1.29, 1.82) is 0 Å². The van der Waals surface area contributed by atoms with Crippen LogP contribution in [-0.4, -0.2) is 11.7 Å². The Hall–Kier alpha value is -0.560. The van der Waals surface area contributed by atoms with E-state index in [1.54, 1.807) is 0 Å². The first-order valence-corrected chi connectivity index (χ1v) is 3.67. The molecule has 0 aromatic carbocycles. The van der Waals surface area contributed by atoms with E-state index >= 15 is 0 Å². The largest absolute Gasteiger partial charge is 0.392 e. The summed E-state index contributed by atoms with van der Waals surface area (Å²) < 4.78 is 0. The number of hydrogen-bond acceptors (Lipinski definition) is 1. The quantitative estimate of drug-likeness (QED) is 0.596. The maximum atomic E-state index is 8.77. The highest BCUT2D eigenvalue weighted by Gasteiger charge is 1.89. The third-order valence-corrected chi connectivity index (χ3v) is 1.54. The summed E-state index contributed by atoms with van der Waals surface area (Å²) in [6, 6.07) is 0. The van der Waals surface area contributed by atoms with Crippen molar-refractivity contribution < 1.29 is 5.11 Å². The van der Waals surface area contributed by atoms with Gasteiger partial charge in [-0.3, -0.25) is 0 Å². The summed E-state index contributed by atoms with van der Waals surface area (Å²) in [5, 5.41) is 8.77. The van der Waals surface area contributed by atoms with Gasteiger partial charge in [-0.25, -0.2) is 0 Å².